The normalized spacial score (nSPS) is 23.2. The largest absolute Gasteiger partial charge is 0.490 e. The first-order chi connectivity index (χ1) is 12.4. The van der Waals surface area contributed by atoms with E-state index in [0.29, 0.717) is 29.1 Å². The van der Waals surface area contributed by atoms with Crippen molar-refractivity contribution in [3.63, 3.8) is 0 Å². The molecule has 1 unspecified atom stereocenters. The van der Waals surface area contributed by atoms with E-state index in [0.717, 1.165) is 17.4 Å². The fourth-order valence-electron chi connectivity index (χ4n) is 3.39. The van der Waals surface area contributed by atoms with Crippen molar-refractivity contribution in [2.45, 2.75) is 58.8 Å². The number of aliphatic hydroxyl groups is 1. The molecule has 0 fully saturated rings. The van der Waals surface area contributed by atoms with E-state index in [1.165, 1.54) is 6.07 Å². The second kappa shape index (κ2) is 7.16. The van der Waals surface area contributed by atoms with E-state index in [2.05, 4.69) is 6.58 Å². The Labute approximate surface area is 153 Å². The fourth-order valence-corrected chi connectivity index (χ4v) is 3.39. The summed E-state index contributed by atoms with van der Waals surface area (Å²) in [5.41, 5.74) is 1.30. The topological polar surface area (TPSA) is 68.9 Å². The molecule has 1 aliphatic heterocycles. The van der Waals surface area contributed by atoms with E-state index in [1.54, 1.807) is 12.1 Å². The highest BCUT2D eigenvalue weighted by atomic mass is 16.5. The van der Waals surface area contributed by atoms with Crippen LogP contribution in [0.1, 0.15) is 51.3 Å². The fraction of sp³-hybridized carbons (Fsp3) is 0.476. The second-order valence-corrected chi connectivity index (χ2v) is 7.02. The molecule has 0 bridgehead atoms. The first kappa shape index (κ1) is 18.5. The molecule has 0 saturated heterocycles. The first-order valence-electron chi connectivity index (χ1n) is 9.14. The third kappa shape index (κ3) is 3.12. The lowest BCUT2D eigenvalue weighted by atomic mass is 9.87. The van der Waals surface area contributed by atoms with Gasteiger partial charge in [0, 0.05) is 18.1 Å². The van der Waals surface area contributed by atoms with E-state index in [9.17, 15) is 9.90 Å². The van der Waals surface area contributed by atoms with E-state index in [-0.39, 0.29) is 18.1 Å². The number of hydrogen-bond donors (Lipinski definition) is 1. The van der Waals surface area contributed by atoms with Gasteiger partial charge >= 0.3 is 5.63 Å². The lowest BCUT2D eigenvalue weighted by Gasteiger charge is -2.34. The van der Waals surface area contributed by atoms with Gasteiger partial charge in [-0.1, -0.05) is 32.9 Å². The van der Waals surface area contributed by atoms with Crippen LogP contribution in [0.3, 0.4) is 0 Å². The summed E-state index contributed by atoms with van der Waals surface area (Å²) in [4.78, 5) is 12.2. The van der Waals surface area contributed by atoms with Crippen molar-refractivity contribution in [2.75, 3.05) is 0 Å². The summed E-state index contributed by atoms with van der Waals surface area (Å²) in [6, 6.07) is 3.30. The Balaban J connectivity index is 2.36. The van der Waals surface area contributed by atoms with Crippen LogP contribution in [0.15, 0.2) is 34.0 Å². The Bertz CT molecular complexity index is 882. The van der Waals surface area contributed by atoms with Crippen LogP contribution in [0.4, 0.5) is 0 Å². The van der Waals surface area contributed by atoms with Crippen LogP contribution in [0.2, 0.25) is 0 Å². The van der Waals surface area contributed by atoms with Crippen molar-refractivity contribution in [3.8, 4) is 11.5 Å². The number of fused-ring (bicyclic) bond motifs is 3. The molecule has 1 aliphatic rings. The number of aliphatic hydroxyl groups excluding tert-OH is 1. The number of hydrogen-bond acceptors (Lipinski definition) is 5. The first-order valence-corrected chi connectivity index (χ1v) is 9.14. The predicted molar refractivity (Wildman–Crippen MR) is 101 cm³/mol. The van der Waals surface area contributed by atoms with E-state index in [4.69, 9.17) is 13.9 Å². The van der Waals surface area contributed by atoms with Crippen LogP contribution in [-0.2, 0) is 6.42 Å². The van der Waals surface area contributed by atoms with Gasteiger partial charge in [0.05, 0.1) is 17.1 Å². The van der Waals surface area contributed by atoms with Gasteiger partial charge in [-0.2, -0.15) is 0 Å². The number of benzene rings is 1. The van der Waals surface area contributed by atoms with Crippen LogP contribution in [-0.4, -0.2) is 17.3 Å². The van der Waals surface area contributed by atoms with Crippen LogP contribution < -0.4 is 15.1 Å². The molecule has 140 valence electrons. The molecule has 4 atom stereocenters. The SMILES string of the molecule is C=CC(C)Oc1cc2c(c3oc(=O)cc(CCC)c13)[C@@H](O)[C@@H](C)[C@@H](C)O2. The summed E-state index contributed by atoms with van der Waals surface area (Å²) >= 11 is 0. The summed E-state index contributed by atoms with van der Waals surface area (Å²) in [6.45, 7) is 11.5. The lowest BCUT2D eigenvalue weighted by Crippen LogP contribution is -2.32. The molecule has 5 nitrogen and oxygen atoms in total. The second-order valence-electron chi connectivity index (χ2n) is 7.02. The van der Waals surface area contributed by atoms with Crippen molar-refractivity contribution < 1.29 is 19.0 Å². The molecular formula is C21H26O5. The van der Waals surface area contributed by atoms with Crippen molar-refractivity contribution in [1.29, 1.82) is 0 Å². The minimum atomic E-state index is -0.776. The molecule has 1 aromatic heterocycles. The summed E-state index contributed by atoms with van der Waals surface area (Å²) < 4.78 is 17.6. The van der Waals surface area contributed by atoms with Crippen LogP contribution >= 0.6 is 0 Å². The highest BCUT2D eigenvalue weighted by molar-refractivity contribution is 5.92. The van der Waals surface area contributed by atoms with Crippen LogP contribution in [0.5, 0.6) is 11.5 Å². The highest BCUT2D eigenvalue weighted by Crippen LogP contribution is 2.46. The minimum absolute atomic E-state index is 0.121. The van der Waals surface area contributed by atoms with Gasteiger partial charge in [0.1, 0.15) is 23.7 Å². The Hall–Kier alpha value is -2.27. The number of ether oxygens (including phenoxy) is 2. The van der Waals surface area contributed by atoms with Gasteiger partial charge < -0.3 is 19.0 Å². The van der Waals surface area contributed by atoms with Gasteiger partial charge in [0.2, 0.25) is 0 Å². The maximum atomic E-state index is 12.2. The molecule has 5 heteroatoms. The predicted octanol–water partition coefficient (Wildman–Crippen LogP) is 4.15. The minimum Gasteiger partial charge on any atom is -0.490 e. The van der Waals surface area contributed by atoms with Crippen LogP contribution in [0, 0.1) is 5.92 Å². The van der Waals surface area contributed by atoms with Gasteiger partial charge in [0.25, 0.3) is 0 Å². The van der Waals surface area contributed by atoms with Crippen LogP contribution in [0.25, 0.3) is 11.0 Å². The molecule has 1 N–H and O–H groups in total. The summed E-state index contributed by atoms with van der Waals surface area (Å²) in [5, 5.41) is 11.6. The third-order valence-electron chi connectivity index (χ3n) is 5.07. The van der Waals surface area contributed by atoms with E-state index < -0.39 is 11.7 Å². The monoisotopic (exact) mass is 358 g/mol. The number of rotatable bonds is 5. The van der Waals surface area contributed by atoms with Gasteiger partial charge in [-0.05, 0) is 25.8 Å². The van der Waals surface area contributed by atoms with E-state index >= 15 is 0 Å². The van der Waals surface area contributed by atoms with Gasteiger partial charge in [-0.15, -0.1) is 0 Å². The molecule has 0 aliphatic carbocycles. The smallest absolute Gasteiger partial charge is 0.336 e. The molecule has 0 radical (unpaired) electrons. The van der Waals surface area contributed by atoms with Crippen molar-refractivity contribution in [1.82, 2.24) is 0 Å². The maximum Gasteiger partial charge on any atom is 0.336 e. The van der Waals surface area contributed by atoms with E-state index in [1.807, 2.05) is 27.7 Å². The zero-order valence-electron chi connectivity index (χ0n) is 15.7. The molecule has 26 heavy (non-hydrogen) atoms. The third-order valence-corrected chi connectivity index (χ3v) is 5.07. The molecule has 0 spiro atoms. The molecule has 2 heterocycles. The van der Waals surface area contributed by atoms with Crippen molar-refractivity contribution >= 4 is 11.0 Å². The molecule has 0 saturated carbocycles. The highest BCUT2D eigenvalue weighted by Gasteiger charge is 2.36. The number of aryl methyl sites for hydroxylation is 1. The Morgan fingerprint density at radius 3 is 2.77 bits per heavy atom. The molecule has 3 rings (SSSR count). The lowest BCUT2D eigenvalue weighted by molar-refractivity contribution is 0.0177. The Morgan fingerprint density at radius 1 is 1.38 bits per heavy atom. The van der Waals surface area contributed by atoms with Crippen molar-refractivity contribution in [3.05, 3.63) is 46.3 Å². The molecule has 1 aromatic carbocycles. The Morgan fingerprint density at radius 2 is 2.12 bits per heavy atom. The molecule has 0 amide bonds. The molecular weight excluding hydrogens is 332 g/mol. The van der Waals surface area contributed by atoms with Gasteiger partial charge in [-0.25, -0.2) is 4.79 Å². The average molecular weight is 358 g/mol. The average Bonchev–Trinajstić information content (AvgIpc) is 2.59. The van der Waals surface area contributed by atoms with Gasteiger partial charge in [0.15, 0.2) is 5.58 Å². The zero-order chi connectivity index (χ0) is 19.0. The standard InChI is InChI=1S/C21H26O5/c1-6-8-14-9-17(22)26-21-18(14)15(24-11(3)7-2)10-16-19(21)20(23)12(4)13(5)25-16/h7,9-13,20,23H,2,6,8H2,1,3-5H3/t11?,12-,13+,20-/m0/s1. The summed E-state index contributed by atoms with van der Waals surface area (Å²) in [7, 11) is 0. The Kier molecular flexibility index (Phi) is 5.10. The van der Waals surface area contributed by atoms with Crippen molar-refractivity contribution in [2.24, 2.45) is 5.92 Å². The van der Waals surface area contributed by atoms with Gasteiger partial charge in [-0.3, -0.25) is 0 Å². The summed E-state index contributed by atoms with van der Waals surface area (Å²) in [5.74, 6) is 0.954. The molecule has 2 aromatic rings. The quantitative estimate of drug-likeness (QED) is 0.642. The maximum absolute atomic E-state index is 12.2. The summed E-state index contributed by atoms with van der Waals surface area (Å²) in [6.07, 6.45) is 2.13. The zero-order valence-corrected chi connectivity index (χ0v) is 15.7.